The van der Waals surface area contributed by atoms with Crippen LogP contribution in [0.5, 0.6) is 5.75 Å². The largest absolute Gasteiger partial charge is 0.494 e. The summed E-state index contributed by atoms with van der Waals surface area (Å²) in [6.07, 6.45) is 12.6. The van der Waals surface area contributed by atoms with Crippen LogP contribution in [0.3, 0.4) is 0 Å². The first kappa shape index (κ1) is 24.0. The average Bonchev–Trinajstić information content (AvgIpc) is 3.27. The standard InChI is InChI=1S/C28H38N2O2/c1-3-4-5-6-7-8-9-10-14-21-32-26-19-17-25(18-20-26)28-22-27(29-30(28)23(2)31)24-15-12-11-13-16-24/h11-13,15-20,28H,3-10,14,21-22H2,1-2H3. The van der Waals surface area contributed by atoms with Crippen LogP contribution in [0.2, 0.25) is 0 Å². The number of hydrazone groups is 1. The van der Waals surface area contributed by atoms with Crippen LogP contribution >= 0.6 is 0 Å². The van der Waals surface area contributed by atoms with Gasteiger partial charge in [0, 0.05) is 13.3 Å². The highest BCUT2D eigenvalue weighted by Crippen LogP contribution is 2.33. The fraction of sp³-hybridized carbons (Fsp3) is 0.500. The van der Waals surface area contributed by atoms with E-state index in [9.17, 15) is 4.79 Å². The molecule has 1 aliphatic rings. The number of benzene rings is 2. The Balaban J connectivity index is 1.42. The smallest absolute Gasteiger partial charge is 0.240 e. The zero-order valence-corrected chi connectivity index (χ0v) is 19.8. The highest BCUT2D eigenvalue weighted by molar-refractivity contribution is 6.03. The Labute approximate surface area is 193 Å². The van der Waals surface area contributed by atoms with Gasteiger partial charge in [-0.2, -0.15) is 5.10 Å². The summed E-state index contributed by atoms with van der Waals surface area (Å²) in [6.45, 7) is 4.60. The Kier molecular flexibility index (Phi) is 9.80. The monoisotopic (exact) mass is 434 g/mol. The third-order valence-electron chi connectivity index (χ3n) is 6.12. The molecule has 1 amide bonds. The van der Waals surface area contributed by atoms with E-state index in [0.29, 0.717) is 0 Å². The predicted octanol–water partition coefficient (Wildman–Crippen LogP) is 7.29. The average molecular weight is 435 g/mol. The molecular formula is C28H38N2O2. The van der Waals surface area contributed by atoms with Crippen LogP contribution in [0, 0.1) is 0 Å². The normalized spacial score (nSPS) is 15.6. The topological polar surface area (TPSA) is 41.9 Å². The summed E-state index contributed by atoms with van der Waals surface area (Å²) < 4.78 is 5.94. The van der Waals surface area contributed by atoms with Crippen LogP contribution in [0.4, 0.5) is 0 Å². The predicted molar refractivity (Wildman–Crippen MR) is 132 cm³/mol. The molecule has 0 saturated carbocycles. The van der Waals surface area contributed by atoms with Crippen molar-refractivity contribution in [2.24, 2.45) is 5.10 Å². The number of rotatable bonds is 13. The van der Waals surface area contributed by atoms with Crippen molar-refractivity contribution in [3.8, 4) is 5.75 Å². The maximum absolute atomic E-state index is 12.2. The van der Waals surface area contributed by atoms with E-state index < -0.39 is 0 Å². The van der Waals surface area contributed by atoms with Gasteiger partial charge in [-0.15, -0.1) is 0 Å². The molecule has 0 spiro atoms. The van der Waals surface area contributed by atoms with Gasteiger partial charge in [0.1, 0.15) is 5.75 Å². The van der Waals surface area contributed by atoms with Gasteiger partial charge in [-0.05, 0) is 29.7 Å². The highest BCUT2D eigenvalue weighted by Gasteiger charge is 2.31. The number of amides is 1. The quantitative estimate of drug-likeness (QED) is 0.311. The Morgan fingerprint density at radius 1 is 0.906 bits per heavy atom. The minimum absolute atomic E-state index is 0.0355. The number of nitrogens with zero attached hydrogens (tertiary/aromatic N) is 2. The maximum atomic E-state index is 12.2. The number of carbonyl (C=O) groups excluding carboxylic acids is 1. The van der Waals surface area contributed by atoms with Crippen molar-refractivity contribution in [3.05, 3.63) is 65.7 Å². The van der Waals surface area contributed by atoms with E-state index in [0.717, 1.165) is 42.0 Å². The van der Waals surface area contributed by atoms with E-state index in [1.54, 1.807) is 11.9 Å². The van der Waals surface area contributed by atoms with E-state index in [1.807, 2.05) is 42.5 Å². The van der Waals surface area contributed by atoms with E-state index in [2.05, 4.69) is 24.2 Å². The molecule has 32 heavy (non-hydrogen) atoms. The SMILES string of the molecule is CCCCCCCCCCCOc1ccc(C2CC(c3ccccc3)=NN2C(C)=O)cc1. The molecule has 1 aliphatic heterocycles. The van der Waals surface area contributed by atoms with Crippen LogP contribution in [0.15, 0.2) is 59.7 Å². The lowest BCUT2D eigenvalue weighted by Gasteiger charge is -2.20. The second-order valence-corrected chi connectivity index (χ2v) is 8.74. The van der Waals surface area contributed by atoms with Gasteiger partial charge in [-0.1, -0.05) is 101 Å². The molecule has 0 aliphatic carbocycles. The molecule has 172 valence electrons. The zero-order valence-electron chi connectivity index (χ0n) is 19.8. The highest BCUT2D eigenvalue weighted by atomic mass is 16.5. The third-order valence-corrected chi connectivity index (χ3v) is 6.12. The Morgan fingerprint density at radius 3 is 2.16 bits per heavy atom. The minimum atomic E-state index is -0.0610. The van der Waals surface area contributed by atoms with Gasteiger partial charge in [0.05, 0.1) is 18.4 Å². The Morgan fingerprint density at radius 2 is 1.53 bits per heavy atom. The number of ether oxygens (including phenoxy) is 1. The van der Waals surface area contributed by atoms with E-state index in [4.69, 9.17) is 4.74 Å². The summed E-state index contributed by atoms with van der Waals surface area (Å²) in [4.78, 5) is 12.2. The summed E-state index contributed by atoms with van der Waals surface area (Å²) in [6, 6.07) is 18.2. The molecule has 0 radical (unpaired) electrons. The molecule has 2 aromatic carbocycles. The van der Waals surface area contributed by atoms with Crippen LogP contribution in [0.25, 0.3) is 0 Å². The van der Waals surface area contributed by atoms with Gasteiger partial charge in [-0.25, -0.2) is 5.01 Å². The summed E-state index contributed by atoms with van der Waals surface area (Å²) in [5, 5.41) is 6.22. The van der Waals surface area contributed by atoms with Gasteiger partial charge in [-0.3, -0.25) is 4.79 Å². The molecule has 3 rings (SSSR count). The summed E-state index contributed by atoms with van der Waals surface area (Å²) in [5.74, 6) is 0.858. The molecule has 4 heteroatoms. The molecule has 0 saturated heterocycles. The number of unbranched alkanes of at least 4 members (excludes halogenated alkanes) is 8. The number of carbonyl (C=O) groups is 1. The fourth-order valence-electron chi connectivity index (χ4n) is 4.25. The Bertz CT molecular complexity index is 845. The molecule has 0 N–H and O–H groups in total. The summed E-state index contributed by atoms with van der Waals surface area (Å²) in [5.41, 5.74) is 3.11. The maximum Gasteiger partial charge on any atom is 0.240 e. The van der Waals surface area contributed by atoms with Gasteiger partial charge in [0.15, 0.2) is 0 Å². The first-order chi connectivity index (χ1) is 15.7. The van der Waals surface area contributed by atoms with Gasteiger partial charge < -0.3 is 4.74 Å². The van der Waals surface area contributed by atoms with Crippen molar-refractivity contribution >= 4 is 11.6 Å². The van der Waals surface area contributed by atoms with E-state index in [-0.39, 0.29) is 11.9 Å². The minimum Gasteiger partial charge on any atom is -0.494 e. The lowest BCUT2D eigenvalue weighted by Crippen LogP contribution is -2.24. The first-order valence-corrected chi connectivity index (χ1v) is 12.3. The molecule has 1 atom stereocenters. The second kappa shape index (κ2) is 13.0. The molecule has 0 bridgehead atoms. The van der Waals surface area contributed by atoms with Crippen molar-refractivity contribution in [1.29, 1.82) is 0 Å². The number of hydrogen-bond acceptors (Lipinski definition) is 3. The third kappa shape index (κ3) is 7.22. The number of hydrogen-bond donors (Lipinski definition) is 0. The molecular weight excluding hydrogens is 396 g/mol. The summed E-state index contributed by atoms with van der Waals surface area (Å²) >= 11 is 0. The Hall–Kier alpha value is -2.62. The van der Waals surface area contributed by atoms with Crippen LogP contribution in [-0.4, -0.2) is 23.2 Å². The molecule has 0 aromatic heterocycles. The molecule has 0 fully saturated rings. The zero-order chi connectivity index (χ0) is 22.6. The van der Waals surface area contributed by atoms with Crippen molar-refractivity contribution in [3.63, 3.8) is 0 Å². The molecule has 2 aromatic rings. The van der Waals surface area contributed by atoms with Crippen LogP contribution in [0.1, 0.15) is 95.2 Å². The van der Waals surface area contributed by atoms with Crippen molar-refractivity contribution in [1.82, 2.24) is 5.01 Å². The van der Waals surface area contributed by atoms with Crippen molar-refractivity contribution in [2.45, 2.75) is 84.1 Å². The summed E-state index contributed by atoms with van der Waals surface area (Å²) in [7, 11) is 0. The molecule has 4 nitrogen and oxygen atoms in total. The fourth-order valence-corrected chi connectivity index (χ4v) is 4.25. The first-order valence-electron chi connectivity index (χ1n) is 12.3. The lowest BCUT2D eigenvalue weighted by atomic mass is 9.98. The van der Waals surface area contributed by atoms with E-state index in [1.165, 1.54) is 51.4 Å². The van der Waals surface area contributed by atoms with E-state index >= 15 is 0 Å². The van der Waals surface area contributed by atoms with Gasteiger partial charge in [0.2, 0.25) is 5.91 Å². The van der Waals surface area contributed by atoms with Crippen molar-refractivity contribution < 1.29 is 9.53 Å². The molecule has 1 heterocycles. The van der Waals surface area contributed by atoms with Crippen molar-refractivity contribution in [2.75, 3.05) is 6.61 Å². The lowest BCUT2D eigenvalue weighted by molar-refractivity contribution is -0.130. The van der Waals surface area contributed by atoms with Gasteiger partial charge in [0.25, 0.3) is 0 Å². The molecule has 1 unspecified atom stereocenters. The van der Waals surface area contributed by atoms with Crippen LogP contribution in [-0.2, 0) is 4.79 Å². The van der Waals surface area contributed by atoms with Gasteiger partial charge >= 0.3 is 0 Å². The second-order valence-electron chi connectivity index (χ2n) is 8.74. The van der Waals surface area contributed by atoms with Crippen LogP contribution < -0.4 is 4.74 Å².